The van der Waals surface area contributed by atoms with E-state index >= 15 is 0 Å². The molecule has 148 valence electrons. The number of carbonyl (C=O) groups excluding carboxylic acids is 1. The van der Waals surface area contributed by atoms with Gasteiger partial charge in [-0.05, 0) is 48.7 Å². The molecular weight excluding hydrogens is 399 g/mol. The minimum absolute atomic E-state index is 0.309. The molecule has 29 heavy (non-hydrogen) atoms. The monoisotopic (exact) mass is 415 g/mol. The number of amides is 1. The summed E-state index contributed by atoms with van der Waals surface area (Å²) >= 11 is 1.25. The van der Waals surface area contributed by atoms with Gasteiger partial charge in [0.25, 0.3) is 0 Å². The first-order valence-corrected chi connectivity index (χ1v) is 9.71. The highest BCUT2D eigenvalue weighted by atomic mass is 32.2. The molecule has 3 aromatic carbocycles. The lowest BCUT2D eigenvalue weighted by Gasteiger charge is -2.20. The van der Waals surface area contributed by atoms with Crippen LogP contribution in [0.25, 0.3) is 10.8 Å². The molecule has 0 saturated carbocycles. The van der Waals surface area contributed by atoms with Crippen molar-refractivity contribution in [3.05, 3.63) is 66.2 Å². The Morgan fingerprint density at radius 2 is 1.76 bits per heavy atom. The maximum atomic E-state index is 12.6. The summed E-state index contributed by atoms with van der Waals surface area (Å²) in [5.74, 6) is -0.323. The Morgan fingerprint density at radius 1 is 1.07 bits per heavy atom. The second kappa shape index (κ2) is 7.44. The van der Waals surface area contributed by atoms with Crippen LogP contribution >= 0.6 is 11.8 Å². The van der Waals surface area contributed by atoms with E-state index in [1.54, 1.807) is 6.92 Å². The molecule has 0 saturated heterocycles. The van der Waals surface area contributed by atoms with Crippen molar-refractivity contribution in [1.82, 2.24) is 0 Å². The van der Waals surface area contributed by atoms with Gasteiger partial charge in [-0.1, -0.05) is 36.0 Å². The highest BCUT2D eigenvalue weighted by Gasteiger charge is 2.30. The van der Waals surface area contributed by atoms with Gasteiger partial charge < -0.3 is 10.6 Å². The smallest absolute Gasteiger partial charge is 0.334 e. The number of benzene rings is 3. The highest BCUT2D eigenvalue weighted by molar-refractivity contribution is 8.15. The maximum Gasteiger partial charge on any atom is 0.416 e. The molecule has 0 unspecified atom stereocenters. The molecule has 4 nitrogen and oxygen atoms in total. The van der Waals surface area contributed by atoms with Crippen molar-refractivity contribution >= 4 is 50.7 Å². The second-order valence-electron chi connectivity index (χ2n) is 6.55. The average molecular weight is 415 g/mol. The molecule has 0 radical (unpaired) electrons. The van der Waals surface area contributed by atoms with Crippen molar-refractivity contribution in [3.8, 4) is 0 Å². The number of alkyl halides is 3. The Morgan fingerprint density at radius 3 is 2.45 bits per heavy atom. The molecule has 0 spiro atoms. The largest absolute Gasteiger partial charge is 0.416 e. The normalized spacial score (nSPS) is 14.1. The molecular formula is C21H16F3N3OS. The predicted molar refractivity (Wildman–Crippen MR) is 112 cm³/mol. The number of hydrogen-bond donors (Lipinski definition) is 2. The third kappa shape index (κ3) is 4.07. The van der Waals surface area contributed by atoms with Crippen molar-refractivity contribution in [2.24, 2.45) is 4.99 Å². The first-order valence-electron chi connectivity index (χ1n) is 8.83. The Balaban J connectivity index is 1.45. The van der Waals surface area contributed by atoms with Gasteiger partial charge in [-0.3, -0.25) is 4.79 Å². The van der Waals surface area contributed by atoms with Gasteiger partial charge in [0.2, 0.25) is 5.91 Å². The zero-order valence-electron chi connectivity index (χ0n) is 15.2. The molecule has 8 heteroatoms. The lowest BCUT2D eigenvalue weighted by molar-refractivity contribution is -0.137. The lowest BCUT2D eigenvalue weighted by Crippen LogP contribution is -2.25. The molecule has 3 aromatic rings. The lowest BCUT2D eigenvalue weighted by atomic mass is 10.1. The number of anilines is 2. The van der Waals surface area contributed by atoms with Crippen molar-refractivity contribution in [2.75, 3.05) is 10.6 Å². The van der Waals surface area contributed by atoms with Crippen molar-refractivity contribution in [3.63, 3.8) is 0 Å². The van der Waals surface area contributed by atoms with E-state index in [4.69, 9.17) is 0 Å². The van der Waals surface area contributed by atoms with Gasteiger partial charge in [0.05, 0.1) is 22.2 Å². The van der Waals surface area contributed by atoms with Gasteiger partial charge in [0, 0.05) is 11.1 Å². The highest BCUT2D eigenvalue weighted by Crippen LogP contribution is 2.37. The average Bonchev–Trinajstić information content (AvgIpc) is 2.68. The van der Waals surface area contributed by atoms with Crippen LogP contribution in [0.2, 0.25) is 0 Å². The van der Waals surface area contributed by atoms with Crippen LogP contribution in [0.1, 0.15) is 12.5 Å². The summed E-state index contributed by atoms with van der Waals surface area (Å²) in [5.41, 5.74) is 1.30. The topological polar surface area (TPSA) is 53.5 Å². The Labute approximate surface area is 169 Å². The van der Waals surface area contributed by atoms with E-state index in [0.29, 0.717) is 10.9 Å². The number of hydrogen-bond acceptors (Lipinski definition) is 4. The van der Waals surface area contributed by atoms with E-state index < -0.39 is 17.0 Å². The summed E-state index contributed by atoms with van der Waals surface area (Å²) in [4.78, 5) is 17.1. The van der Waals surface area contributed by atoms with Crippen molar-refractivity contribution in [1.29, 1.82) is 0 Å². The third-order valence-electron chi connectivity index (χ3n) is 4.48. The van der Waals surface area contributed by atoms with Crippen LogP contribution in [0, 0.1) is 0 Å². The molecule has 1 amide bonds. The summed E-state index contributed by atoms with van der Waals surface area (Å²) in [6.45, 7) is 1.72. The van der Waals surface area contributed by atoms with Gasteiger partial charge in [0.1, 0.15) is 0 Å². The van der Waals surface area contributed by atoms with Crippen LogP contribution in [0.3, 0.4) is 0 Å². The number of carbonyl (C=O) groups is 1. The van der Waals surface area contributed by atoms with E-state index in [-0.39, 0.29) is 5.91 Å². The number of nitrogens with one attached hydrogen (secondary N) is 2. The van der Waals surface area contributed by atoms with E-state index in [1.165, 1.54) is 23.9 Å². The van der Waals surface area contributed by atoms with Crippen molar-refractivity contribution in [2.45, 2.75) is 18.3 Å². The molecule has 4 rings (SSSR count). The molecule has 1 atom stereocenters. The molecule has 0 fully saturated rings. The minimum Gasteiger partial charge on any atom is -0.334 e. The van der Waals surface area contributed by atoms with Gasteiger partial charge in [-0.25, -0.2) is 4.99 Å². The van der Waals surface area contributed by atoms with Crippen LogP contribution in [-0.2, 0) is 11.0 Å². The standard InChI is InChI=1S/C21H16F3N3OS/c1-12(19(28)25-15-10-8-14(9-11-15)21(22,23)24)29-20-26-16-6-2-4-13-5-3-7-17(27-20)18(13)16/h2-12H,1H3,(H,25,28)(H,26,27)/t12-/m0/s1. The van der Waals surface area contributed by atoms with E-state index in [0.717, 1.165) is 34.3 Å². The summed E-state index contributed by atoms with van der Waals surface area (Å²) in [6.07, 6.45) is -4.41. The third-order valence-corrected chi connectivity index (χ3v) is 5.47. The van der Waals surface area contributed by atoms with E-state index in [1.807, 2.05) is 36.4 Å². The van der Waals surface area contributed by atoms with E-state index in [9.17, 15) is 18.0 Å². The quantitative estimate of drug-likeness (QED) is 0.549. The summed E-state index contributed by atoms with van der Waals surface area (Å²) in [7, 11) is 0. The molecule has 2 N–H and O–H groups in total. The zero-order valence-corrected chi connectivity index (χ0v) is 16.1. The van der Waals surface area contributed by atoms with Gasteiger partial charge in [-0.2, -0.15) is 13.2 Å². The number of amidine groups is 1. The second-order valence-corrected chi connectivity index (χ2v) is 7.88. The number of nitrogens with zero attached hydrogens (tertiary/aromatic N) is 1. The molecule has 1 aliphatic heterocycles. The number of halogens is 3. The molecule has 1 heterocycles. The fourth-order valence-electron chi connectivity index (χ4n) is 3.03. The Bertz CT molecular complexity index is 1110. The predicted octanol–water partition coefficient (Wildman–Crippen LogP) is 6.03. The number of rotatable bonds is 3. The van der Waals surface area contributed by atoms with Crippen molar-refractivity contribution < 1.29 is 18.0 Å². The van der Waals surface area contributed by atoms with Crippen LogP contribution in [0.15, 0.2) is 65.7 Å². The number of aliphatic imine (C=N–C) groups is 1. The SMILES string of the molecule is C[C@H](SC1=Nc2cccc3cccc(c23)N1)C(=O)Nc1ccc(C(F)(F)F)cc1. The summed E-state index contributed by atoms with van der Waals surface area (Å²) < 4.78 is 37.9. The van der Waals surface area contributed by atoms with Crippen LogP contribution in [0.5, 0.6) is 0 Å². The molecule has 0 bridgehead atoms. The van der Waals surface area contributed by atoms with Gasteiger partial charge >= 0.3 is 6.18 Å². The Hall–Kier alpha value is -3.00. The van der Waals surface area contributed by atoms with Crippen LogP contribution < -0.4 is 10.6 Å². The minimum atomic E-state index is -4.41. The van der Waals surface area contributed by atoms with Crippen LogP contribution in [-0.4, -0.2) is 16.3 Å². The van der Waals surface area contributed by atoms with Gasteiger partial charge in [0.15, 0.2) is 5.17 Å². The number of thioether (sulfide) groups is 1. The molecule has 0 aromatic heterocycles. The van der Waals surface area contributed by atoms with Gasteiger partial charge in [-0.15, -0.1) is 0 Å². The molecule has 1 aliphatic rings. The first-order chi connectivity index (χ1) is 13.8. The fourth-order valence-corrected chi connectivity index (χ4v) is 3.86. The first kappa shape index (κ1) is 19.3. The summed E-state index contributed by atoms with van der Waals surface area (Å²) in [5, 5.41) is 8.07. The zero-order chi connectivity index (χ0) is 20.6. The van der Waals surface area contributed by atoms with Crippen LogP contribution in [0.4, 0.5) is 30.2 Å². The fraction of sp³-hybridized carbons (Fsp3) is 0.143. The molecule has 0 aliphatic carbocycles. The maximum absolute atomic E-state index is 12.6. The van der Waals surface area contributed by atoms with E-state index in [2.05, 4.69) is 15.6 Å². The Kier molecular flexibility index (Phi) is 4.96. The summed E-state index contributed by atoms with van der Waals surface area (Å²) in [6, 6.07) is 16.1.